The van der Waals surface area contributed by atoms with Crippen LogP contribution in [0.1, 0.15) is 18.4 Å². The largest absolute Gasteiger partial charge is 0.416 e. The van der Waals surface area contributed by atoms with Crippen LogP contribution in [-0.2, 0) is 6.18 Å². The molecule has 1 aromatic carbocycles. The summed E-state index contributed by atoms with van der Waals surface area (Å²) >= 11 is 0. The molecule has 1 heterocycles. The van der Waals surface area contributed by atoms with Crippen molar-refractivity contribution in [3.8, 4) is 0 Å². The number of nitrogens with one attached hydrogen (secondary N) is 2. The van der Waals surface area contributed by atoms with Crippen LogP contribution < -0.4 is 10.6 Å². The fraction of sp³-hybridized carbons (Fsp3) is 0.500. The summed E-state index contributed by atoms with van der Waals surface area (Å²) in [6.07, 6.45) is -1.99. The maximum absolute atomic E-state index is 12.6. The molecule has 1 spiro atoms. The molecule has 2 aliphatic rings. The second-order valence-corrected chi connectivity index (χ2v) is 4.97. The van der Waals surface area contributed by atoms with Gasteiger partial charge in [-0.3, -0.25) is 0 Å². The van der Waals surface area contributed by atoms with Crippen LogP contribution in [0, 0.1) is 5.41 Å². The van der Waals surface area contributed by atoms with Crippen molar-refractivity contribution < 1.29 is 13.2 Å². The van der Waals surface area contributed by atoms with E-state index in [4.69, 9.17) is 0 Å². The summed E-state index contributed by atoms with van der Waals surface area (Å²) in [6.45, 7) is 1.60. The summed E-state index contributed by atoms with van der Waals surface area (Å²) in [5.74, 6) is 0. The number of hydrogen-bond acceptors (Lipinski definition) is 2. The summed E-state index contributed by atoms with van der Waals surface area (Å²) in [4.78, 5) is 0. The molecular weight excluding hydrogens is 229 g/mol. The zero-order valence-electron chi connectivity index (χ0n) is 9.19. The van der Waals surface area contributed by atoms with Gasteiger partial charge in [-0.2, -0.15) is 13.2 Å². The highest BCUT2D eigenvalue weighted by Gasteiger charge is 2.43. The van der Waals surface area contributed by atoms with Gasteiger partial charge >= 0.3 is 6.18 Å². The van der Waals surface area contributed by atoms with E-state index in [9.17, 15) is 13.2 Å². The Bertz CT molecular complexity index is 450. The average molecular weight is 242 g/mol. The summed E-state index contributed by atoms with van der Waals surface area (Å²) in [5.41, 5.74) is 0.986. The average Bonchev–Trinajstić information content (AvgIpc) is 3.06. The van der Waals surface area contributed by atoms with Crippen molar-refractivity contribution in [1.29, 1.82) is 0 Å². The minimum atomic E-state index is -4.28. The lowest BCUT2D eigenvalue weighted by atomic mass is 10.1. The van der Waals surface area contributed by atoms with E-state index in [1.165, 1.54) is 12.1 Å². The molecular formula is C12H13F3N2. The first-order chi connectivity index (χ1) is 7.99. The minimum absolute atomic E-state index is 0.261. The molecule has 2 N–H and O–H groups in total. The number of hydrogen-bond donors (Lipinski definition) is 2. The van der Waals surface area contributed by atoms with Gasteiger partial charge in [-0.15, -0.1) is 0 Å². The molecule has 1 aliphatic carbocycles. The van der Waals surface area contributed by atoms with Gasteiger partial charge in [0.1, 0.15) is 0 Å². The van der Waals surface area contributed by atoms with Crippen LogP contribution in [0.4, 0.5) is 24.5 Å². The van der Waals surface area contributed by atoms with Crippen molar-refractivity contribution in [1.82, 2.24) is 0 Å². The van der Waals surface area contributed by atoms with Gasteiger partial charge < -0.3 is 10.6 Å². The maximum Gasteiger partial charge on any atom is 0.416 e. The Morgan fingerprint density at radius 3 is 2.24 bits per heavy atom. The first-order valence-electron chi connectivity index (χ1n) is 5.68. The van der Waals surface area contributed by atoms with Crippen LogP contribution in [0.3, 0.4) is 0 Å². The number of benzene rings is 1. The Morgan fingerprint density at radius 2 is 1.65 bits per heavy atom. The van der Waals surface area contributed by atoms with Gasteiger partial charge in [0, 0.05) is 18.5 Å². The molecule has 0 saturated heterocycles. The topological polar surface area (TPSA) is 24.1 Å². The molecule has 1 fully saturated rings. The first-order valence-corrected chi connectivity index (χ1v) is 5.68. The SMILES string of the molecule is FC(F)(F)c1ccc2c(c1)NCC1(CC1)CN2. The molecule has 0 radical (unpaired) electrons. The highest BCUT2D eigenvalue weighted by atomic mass is 19.4. The van der Waals surface area contributed by atoms with Gasteiger partial charge in [0.15, 0.2) is 0 Å². The molecule has 92 valence electrons. The lowest BCUT2D eigenvalue weighted by molar-refractivity contribution is -0.137. The summed E-state index contributed by atoms with van der Waals surface area (Å²) in [5, 5.41) is 6.35. The molecule has 1 saturated carbocycles. The zero-order valence-corrected chi connectivity index (χ0v) is 9.19. The number of fused-ring (bicyclic) bond motifs is 1. The van der Waals surface area contributed by atoms with Crippen LogP contribution in [0.25, 0.3) is 0 Å². The summed E-state index contributed by atoms with van der Waals surface area (Å²) < 4.78 is 37.7. The molecule has 3 rings (SSSR count). The highest BCUT2D eigenvalue weighted by molar-refractivity contribution is 5.71. The lowest BCUT2D eigenvalue weighted by Gasteiger charge is -2.12. The molecule has 2 nitrogen and oxygen atoms in total. The van der Waals surface area contributed by atoms with Crippen LogP contribution >= 0.6 is 0 Å². The Morgan fingerprint density at radius 1 is 1.00 bits per heavy atom. The van der Waals surface area contributed by atoms with Gasteiger partial charge in [-0.05, 0) is 31.0 Å². The molecule has 1 aromatic rings. The number of alkyl halides is 3. The molecule has 0 aromatic heterocycles. The van der Waals surface area contributed by atoms with E-state index >= 15 is 0 Å². The van der Waals surface area contributed by atoms with E-state index in [1.807, 2.05) is 0 Å². The Balaban J connectivity index is 1.91. The van der Waals surface area contributed by atoms with Crippen molar-refractivity contribution in [2.75, 3.05) is 23.7 Å². The Labute approximate surface area is 97.2 Å². The predicted octanol–water partition coefficient (Wildman–Crippen LogP) is 3.32. The molecule has 5 heteroatoms. The minimum Gasteiger partial charge on any atom is -0.383 e. The van der Waals surface area contributed by atoms with Crippen LogP contribution in [0.15, 0.2) is 18.2 Å². The van der Waals surface area contributed by atoms with Crippen LogP contribution in [0.5, 0.6) is 0 Å². The fourth-order valence-electron chi connectivity index (χ4n) is 2.18. The standard InChI is InChI=1S/C12H13F3N2/c13-12(14,15)8-1-2-9-10(5-8)17-7-11(3-4-11)6-16-9/h1-2,5,16-17H,3-4,6-7H2. The van der Waals surface area contributed by atoms with Gasteiger partial charge in [-0.25, -0.2) is 0 Å². The van der Waals surface area contributed by atoms with E-state index in [0.29, 0.717) is 5.69 Å². The third-order valence-corrected chi connectivity index (χ3v) is 3.61. The molecule has 1 aliphatic heterocycles. The highest BCUT2D eigenvalue weighted by Crippen LogP contribution is 2.48. The molecule has 0 bridgehead atoms. The van der Waals surface area contributed by atoms with E-state index in [0.717, 1.165) is 37.7 Å². The quantitative estimate of drug-likeness (QED) is 0.729. The monoisotopic (exact) mass is 242 g/mol. The molecule has 0 amide bonds. The van der Waals surface area contributed by atoms with E-state index in [2.05, 4.69) is 10.6 Å². The van der Waals surface area contributed by atoms with Gasteiger partial charge in [0.2, 0.25) is 0 Å². The normalized spacial score (nSPS) is 21.1. The third kappa shape index (κ3) is 1.94. The van der Waals surface area contributed by atoms with Gasteiger partial charge in [0.05, 0.1) is 16.9 Å². The van der Waals surface area contributed by atoms with Crippen LogP contribution in [0.2, 0.25) is 0 Å². The molecule has 17 heavy (non-hydrogen) atoms. The van der Waals surface area contributed by atoms with Crippen molar-refractivity contribution in [3.63, 3.8) is 0 Å². The van der Waals surface area contributed by atoms with Crippen molar-refractivity contribution >= 4 is 11.4 Å². The lowest BCUT2D eigenvalue weighted by Crippen LogP contribution is -2.19. The summed E-state index contributed by atoms with van der Waals surface area (Å²) in [6, 6.07) is 3.81. The third-order valence-electron chi connectivity index (χ3n) is 3.61. The maximum atomic E-state index is 12.6. The number of rotatable bonds is 0. The zero-order chi connectivity index (χ0) is 12.1. The first kappa shape index (κ1) is 10.7. The van der Waals surface area contributed by atoms with Crippen molar-refractivity contribution in [2.45, 2.75) is 19.0 Å². The number of anilines is 2. The fourth-order valence-corrected chi connectivity index (χ4v) is 2.18. The van der Waals surface area contributed by atoms with Crippen molar-refractivity contribution in [2.24, 2.45) is 5.41 Å². The number of halogens is 3. The smallest absolute Gasteiger partial charge is 0.383 e. The Hall–Kier alpha value is -1.39. The van der Waals surface area contributed by atoms with Crippen LogP contribution in [-0.4, -0.2) is 13.1 Å². The van der Waals surface area contributed by atoms with Gasteiger partial charge in [0.25, 0.3) is 0 Å². The molecule has 0 atom stereocenters. The van der Waals surface area contributed by atoms with E-state index in [1.54, 1.807) is 0 Å². The Kier molecular flexibility index (Phi) is 2.09. The van der Waals surface area contributed by atoms with Gasteiger partial charge in [-0.1, -0.05) is 0 Å². The van der Waals surface area contributed by atoms with E-state index < -0.39 is 11.7 Å². The second kappa shape index (κ2) is 3.31. The van der Waals surface area contributed by atoms with E-state index in [-0.39, 0.29) is 5.41 Å². The summed E-state index contributed by atoms with van der Waals surface area (Å²) in [7, 11) is 0. The predicted molar refractivity (Wildman–Crippen MR) is 60.1 cm³/mol. The molecule has 0 unspecified atom stereocenters. The second-order valence-electron chi connectivity index (χ2n) is 4.97. The van der Waals surface area contributed by atoms with Crippen molar-refractivity contribution in [3.05, 3.63) is 23.8 Å².